The topological polar surface area (TPSA) is 46.5 Å². The molecule has 0 aliphatic carbocycles. The number of benzene rings is 1. The summed E-state index contributed by atoms with van der Waals surface area (Å²) >= 11 is 0. The first kappa shape index (κ1) is 13.6. The molecule has 0 aliphatic rings. The number of hydrogen-bond donors (Lipinski definition) is 1. The highest BCUT2D eigenvalue weighted by atomic mass is 19.1. The number of aliphatic hydroxyl groups is 1. The summed E-state index contributed by atoms with van der Waals surface area (Å²) < 4.78 is 18.1. The molecule has 0 aliphatic heterocycles. The molecule has 4 heteroatoms. The van der Waals surface area contributed by atoms with Gasteiger partial charge in [0.05, 0.1) is 12.7 Å². The minimum Gasteiger partial charge on any atom is -0.465 e. The van der Waals surface area contributed by atoms with Crippen molar-refractivity contribution in [2.24, 2.45) is 5.92 Å². The monoisotopic (exact) mass is 240 g/mol. The van der Waals surface area contributed by atoms with E-state index >= 15 is 0 Å². The van der Waals surface area contributed by atoms with Gasteiger partial charge in [-0.25, -0.2) is 9.18 Å². The van der Waals surface area contributed by atoms with Crippen molar-refractivity contribution in [3.63, 3.8) is 0 Å². The van der Waals surface area contributed by atoms with Crippen LogP contribution in [0.3, 0.4) is 0 Å². The molecule has 0 aromatic heterocycles. The van der Waals surface area contributed by atoms with Gasteiger partial charge in [0.15, 0.2) is 0 Å². The highest BCUT2D eigenvalue weighted by molar-refractivity contribution is 5.89. The lowest BCUT2D eigenvalue weighted by Crippen LogP contribution is -2.05. The van der Waals surface area contributed by atoms with Gasteiger partial charge in [0.25, 0.3) is 0 Å². The SMILES string of the molecule is COC(=O)c1ccc(CCC(C)CO)c(F)c1. The van der Waals surface area contributed by atoms with Gasteiger partial charge in [-0.05, 0) is 36.5 Å². The van der Waals surface area contributed by atoms with E-state index in [1.165, 1.54) is 13.2 Å². The molecule has 3 nitrogen and oxygen atoms in total. The third-order valence-electron chi connectivity index (χ3n) is 2.69. The Morgan fingerprint density at radius 3 is 2.76 bits per heavy atom. The van der Waals surface area contributed by atoms with Crippen LogP contribution in [0.4, 0.5) is 4.39 Å². The second-order valence-electron chi connectivity index (χ2n) is 4.12. The third-order valence-corrected chi connectivity index (χ3v) is 2.69. The van der Waals surface area contributed by atoms with Crippen molar-refractivity contribution in [1.29, 1.82) is 0 Å². The average Bonchev–Trinajstić information content (AvgIpc) is 2.35. The zero-order valence-corrected chi connectivity index (χ0v) is 10.1. The molecular weight excluding hydrogens is 223 g/mol. The maximum atomic E-state index is 13.6. The number of esters is 1. The molecule has 0 fully saturated rings. The van der Waals surface area contributed by atoms with Crippen LogP contribution < -0.4 is 0 Å². The van der Waals surface area contributed by atoms with Crippen molar-refractivity contribution in [3.8, 4) is 0 Å². The summed E-state index contributed by atoms with van der Waals surface area (Å²) in [4.78, 5) is 11.2. The van der Waals surface area contributed by atoms with E-state index in [4.69, 9.17) is 5.11 Å². The summed E-state index contributed by atoms with van der Waals surface area (Å²) in [6.45, 7) is 2.00. The maximum absolute atomic E-state index is 13.6. The minimum atomic E-state index is -0.542. The van der Waals surface area contributed by atoms with Crippen LogP contribution in [-0.4, -0.2) is 24.8 Å². The average molecular weight is 240 g/mol. The highest BCUT2D eigenvalue weighted by Crippen LogP contribution is 2.15. The molecule has 0 bridgehead atoms. The number of carbonyl (C=O) groups excluding carboxylic acids is 1. The molecule has 0 radical (unpaired) electrons. The van der Waals surface area contributed by atoms with Crippen molar-refractivity contribution >= 4 is 5.97 Å². The third kappa shape index (κ3) is 3.82. The lowest BCUT2D eigenvalue weighted by molar-refractivity contribution is 0.0600. The molecule has 1 N–H and O–H groups in total. The van der Waals surface area contributed by atoms with Gasteiger partial charge in [0.2, 0.25) is 0 Å². The molecule has 0 saturated heterocycles. The van der Waals surface area contributed by atoms with Crippen LogP contribution in [0.15, 0.2) is 18.2 Å². The first-order valence-corrected chi connectivity index (χ1v) is 5.56. The normalized spacial score (nSPS) is 12.2. The molecule has 0 saturated carbocycles. The summed E-state index contributed by atoms with van der Waals surface area (Å²) in [7, 11) is 1.26. The Morgan fingerprint density at radius 1 is 1.53 bits per heavy atom. The smallest absolute Gasteiger partial charge is 0.337 e. The molecule has 17 heavy (non-hydrogen) atoms. The molecule has 0 spiro atoms. The number of rotatable bonds is 5. The quantitative estimate of drug-likeness (QED) is 0.802. The van der Waals surface area contributed by atoms with Gasteiger partial charge in [-0.1, -0.05) is 13.0 Å². The maximum Gasteiger partial charge on any atom is 0.337 e. The number of methoxy groups -OCH3 is 1. The lowest BCUT2D eigenvalue weighted by Gasteiger charge is -2.08. The Balaban J connectivity index is 2.73. The van der Waals surface area contributed by atoms with E-state index in [-0.39, 0.29) is 18.1 Å². The first-order valence-electron chi connectivity index (χ1n) is 5.56. The zero-order chi connectivity index (χ0) is 12.8. The van der Waals surface area contributed by atoms with E-state index in [0.29, 0.717) is 18.4 Å². The van der Waals surface area contributed by atoms with Gasteiger partial charge >= 0.3 is 5.97 Å². The van der Waals surface area contributed by atoms with Gasteiger partial charge in [0.1, 0.15) is 5.82 Å². The van der Waals surface area contributed by atoms with Crippen LogP contribution in [0, 0.1) is 11.7 Å². The van der Waals surface area contributed by atoms with E-state index in [1.54, 1.807) is 12.1 Å². The summed E-state index contributed by atoms with van der Waals surface area (Å²) in [6, 6.07) is 4.32. The molecule has 0 amide bonds. The molecular formula is C13H17FO3. The molecule has 1 aromatic carbocycles. The molecule has 1 unspecified atom stereocenters. The number of ether oxygens (including phenoxy) is 1. The van der Waals surface area contributed by atoms with Crippen LogP contribution in [0.25, 0.3) is 0 Å². The summed E-state index contributed by atoms with van der Waals surface area (Å²) in [5, 5.41) is 8.88. The van der Waals surface area contributed by atoms with Gasteiger partial charge in [-0.15, -0.1) is 0 Å². The number of hydrogen-bond acceptors (Lipinski definition) is 3. The largest absolute Gasteiger partial charge is 0.465 e. The molecule has 1 rings (SSSR count). The van der Waals surface area contributed by atoms with Gasteiger partial charge in [-0.3, -0.25) is 0 Å². The van der Waals surface area contributed by atoms with Crippen molar-refractivity contribution in [2.45, 2.75) is 19.8 Å². The van der Waals surface area contributed by atoms with Crippen molar-refractivity contribution in [2.75, 3.05) is 13.7 Å². The molecule has 1 atom stereocenters. The minimum absolute atomic E-state index is 0.0991. The van der Waals surface area contributed by atoms with Crippen LogP contribution in [0.1, 0.15) is 29.3 Å². The first-order chi connectivity index (χ1) is 8.08. The van der Waals surface area contributed by atoms with Gasteiger partial charge in [0, 0.05) is 6.61 Å². The van der Waals surface area contributed by atoms with Crippen LogP contribution >= 0.6 is 0 Å². The highest BCUT2D eigenvalue weighted by Gasteiger charge is 2.10. The number of aliphatic hydroxyl groups excluding tert-OH is 1. The summed E-state index contributed by atoms with van der Waals surface area (Å²) in [6.07, 6.45) is 1.26. The van der Waals surface area contributed by atoms with E-state index in [1.807, 2.05) is 6.92 Å². The van der Waals surface area contributed by atoms with Crippen molar-refractivity contribution in [1.82, 2.24) is 0 Å². The van der Waals surface area contributed by atoms with Gasteiger partial charge in [-0.2, -0.15) is 0 Å². The second-order valence-corrected chi connectivity index (χ2v) is 4.12. The van der Waals surface area contributed by atoms with Gasteiger partial charge < -0.3 is 9.84 Å². The van der Waals surface area contributed by atoms with Crippen molar-refractivity contribution < 1.29 is 19.0 Å². The van der Waals surface area contributed by atoms with Crippen molar-refractivity contribution in [3.05, 3.63) is 35.1 Å². The van der Waals surface area contributed by atoms with E-state index < -0.39 is 11.8 Å². The molecule has 94 valence electrons. The fourth-order valence-corrected chi connectivity index (χ4v) is 1.49. The number of halogens is 1. The molecule has 0 heterocycles. The van der Waals surface area contributed by atoms with E-state index in [0.717, 1.165) is 0 Å². The fourth-order valence-electron chi connectivity index (χ4n) is 1.49. The van der Waals surface area contributed by atoms with E-state index in [9.17, 15) is 9.18 Å². The van der Waals surface area contributed by atoms with E-state index in [2.05, 4.69) is 4.74 Å². The van der Waals surface area contributed by atoms with Crippen LogP contribution in [0.2, 0.25) is 0 Å². The van der Waals surface area contributed by atoms with Crippen LogP contribution in [-0.2, 0) is 11.2 Å². The standard InChI is InChI=1S/C13H17FO3/c1-9(8-15)3-4-10-5-6-11(7-12(10)14)13(16)17-2/h5-7,9,15H,3-4,8H2,1-2H3. The summed E-state index contributed by atoms with van der Waals surface area (Å²) in [5.74, 6) is -0.799. The predicted octanol–water partition coefficient (Wildman–Crippen LogP) is 2.17. The Hall–Kier alpha value is -1.42. The summed E-state index contributed by atoms with van der Waals surface area (Å²) in [5.41, 5.74) is 0.766. The molecule has 1 aromatic rings. The Morgan fingerprint density at radius 2 is 2.24 bits per heavy atom. The Bertz CT molecular complexity index is 390. The number of aryl methyl sites for hydroxylation is 1. The second kappa shape index (κ2) is 6.35. The lowest BCUT2D eigenvalue weighted by atomic mass is 10.0. The number of carbonyl (C=O) groups is 1. The predicted molar refractivity (Wildman–Crippen MR) is 62.3 cm³/mol. The zero-order valence-electron chi connectivity index (χ0n) is 10.1. The van der Waals surface area contributed by atoms with Crippen LogP contribution in [0.5, 0.6) is 0 Å². The Kier molecular flexibility index (Phi) is 5.10. The Labute approximate surface area is 100 Å². The fraction of sp³-hybridized carbons (Fsp3) is 0.462.